The minimum Gasteiger partial charge on any atom is -0.376 e. The second kappa shape index (κ2) is 8.74. The molecule has 1 aromatic carbocycles. The standard InChI is InChI=1S/C15H21ClN2O2/c1-11(2)10-20-7-6-17-9-15(19)18-14-8-13(16)5-4-12(14)3/h4-5,8,17H,1,6-7,9-10H2,2-3H3,(H,18,19). The molecule has 110 valence electrons. The van der Waals surface area contributed by atoms with E-state index in [0.717, 1.165) is 16.8 Å². The lowest BCUT2D eigenvalue weighted by Crippen LogP contribution is -2.30. The molecule has 0 atom stereocenters. The lowest BCUT2D eigenvalue weighted by molar-refractivity contribution is -0.115. The Hall–Kier alpha value is -1.36. The monoisotopic (exact) mass is 296 g/mol. The zero-order valence-corrected chi connectivity index (χ0v) is 12.7. The zero-order chi connectivity index (χ0) is 15.0. The smallest absolute Gasteiger partial charge is 0.238 e. The number of nitrogens with one attached hydrogen (secondary N) is 2. The van der Waals surface area contributed by atoms with Gasteiger partial charge in [0.15, 0.2) is 0 Å². The van der Waals surface area contributed by atoms with Crippen molar-refractivity contribution in [1.29, 1.82) is 0 Å². The molecule has 0 spiro atoms. The molecule has 0 radical (unpaired) electrons. The van der Waals surface area contributed by atoms with Crippen LogP contribution >= 0.6 is 11.6 Å². The summed E-state index contributed by atoms with van der Waals surface area (Å²) >= 11 is 5.90. The quantitative estimate of drug-likeness (QED) is 0.573. The topological polar surface area (TPSA) is 50.4 Å². The number of ether oxygens (including phenoxy) is 1. The van der Waals surface area contributed by atoms with Crippen molar-refractivity contribution < 1.29 is 9.53 Å². The van der Waals surface area contributed by atoms with E-state index in [-0.39, 0.29) is 12.5 Å². The number of amides is 1. The number of hydrogen-bond acceptors (Lipinski definition) is 3. The Labute approximate surface area is 125 Å². The molecule has 0 aliphatic heterocycles. The molecule has 0 heterocycles. The van der Waals surface area contributed by atoms with Crippen molar-refractivity contribution in [2.75, 3.05) is 31.6 Å². The fourth-order valence-electron chi connectivity index (χ4n) is 1.52. The van der Waals surface area contributed by atoms with Gasteiger partial charge in [0.25, 0.3) is 0 Å². The summed E-state index contributed by atoms with van der Waals surface area (Å²) in [6.45, 7) is 9.54. The minimum absolute atomic E-state index is 0.102. The van der Waals surface area contributed by atoms with Gasteiger partial charge >= 0.3 is 0 Å². The lowest BCUT2D eigenvalue weighted by atomic mass is 10.2. The number of hydrogen-bond donors (Lipinski definition) is 2. The summed E-state index contributed by atoms with van der Waals surface area (Å²) < 4.78 is 5.32. The summed E-state index contributed by atoms with van der Waals surface area (Å²) in [5.74, 6) is -0.102. The highest BCUT2D eigenvalue weighted by Crippen LogP contribution is 2.19. The van der Waals surface area contributed by atoms with Crippen LogP contribution in [0.3, 0.4) is 0 Å². The first kappa shape index (κ1) is 16.7. The van der Waals surface area contributed by atoms with Crippen LogP contribution in [0.1, 0.15) is 12.5 Å². The second-order valence-electron chi connectivity index (χ2n) is 4.69. The molecule has 20 heavy (non-hydrogen) atoms. The van der Waals surface area contributed by atoms with Gasteiger partial charge in [0.2, 0.25) is 5.91 Å². The maximum Gasteiger partial charge on any atom is 0.238 e. The first-order chi connectivity index (χ1) is 9.49. The van der Waals surface area contributed by atoms with Crippen molar-refractivity contribution in [3.63, 3.8) is 0 Å². The van der Waals surface area contributed by atoms with Gasteiger partial charge in [-0.15, -0.1) is 0 Å². The fourth-order valence-corrected chi connectivity index (χ4v) is 1.69. The molecule has 0 fully saturated rings. The molecule has 0 saturated heterocycles. The van der Waals surface area contributed by atoms with E-state index in [1.54, 1.807) is 12.1 Å². The number of carbonyl (C=O) groups excluding carboxylic acids is 1. The van der Waals surface area contributed by atoms with Crippen molar-refractivity contribution in [3.8, 4) is 0 Å². The highest BCUT2D eigenvalue weighted by atomic mass is 35.5. The van der Waals surface area contributed by atoms with Crippen LogP contribution in [0.5, 0.6) is 0 Å². The molecular formula is C15H21ClN2O2. The lowest BCUT2D eigenvalue weighted by Gasteiger charge is -2.10. The van der Waals surface area contributed by atoms with Crippen LogP contribution < -0.4 is 10.6 Å². The van der Waals surface area contributed by atoms with Crippen LogP contribution in [0, 0.1) is 6.92 Å². The minimum atomic E-state index is -0.102. The first-order valence-electron chi connectivity index (χ1n) is 6.48. The van der Waals surface area contributed by atoms with Crippen molar-refractivity contribution >= 4 is 23.2 Å². The third-order valence-corrected chi connectivity index (χ3v) is 2.77. The largest absolute Gasteiger partial charge is 0.376 e. The molecule has 0 aliphatic rings. The number of anilines is 1. The maximum absolute atomic E-state index is 11.7. The number of benzene rings is 1. The maximum atomic E-state index is 11.7. The van der Waals surface area contributed by atoms with Crippen LogP contribution in [0.4, 0.5) is 5.69 Å². The van der Waals surface area contributed by atoms with Gasteiger partial charge in [-0.05, 0) is 31.5 Å². The molecule has 5 heteroatoms. The van der Waals surface area contributed by atoms with Gasteiger partial charge in [0.1, 0.15) is 0 Å². The molecule has 4 nitrogen and oxygen atoms in total. The average molecular weight is 297 g/mol. The number of rotatable bonds is 8. The fraction of sp³-hybridized carbons (Fsp3) is 0.400. The van der Waals surface area contributed by atoms with E-state index in [1.165, 1.54) is 0 Å². The van der Waals surface area contributed by atoms with E-state index >= 15 is 0 Å². The highest BCUT2D eigenvalue weighted by molar-refractivity contribution is 6.31. The van der Waals surface area contributed by atoms with Crippen molar-refractivity contribution in [1.82, 2.24) is 5.32 Å². The Morgan fingerprint density at radius 1 is 1.45 bits per heavy atom. The van der Waals surface area contributed by atoms with Gasteiger partial charge in [0.05, 0.1) is 19.8 Å². The van der Waals surface area contributed by atoms with Gasteiger partial charge in [-0.1, -0.05) is 29.8 Å². The molecule has 0 unspecified atom stereocenters. The van der Waals surface area contributed by atoms with E-state index < -0.39 is 0 Å². The van der Waals surface area contributed by atoms with Crippen molar-refractivity contribution in [3.05, 3.63) is 40.9 Å². The van der Waals surface area contributed by atoms with Gasteiger partial charge in [-0.2, -0.15) is 0 Å². The molecular weight excluding hydrogens is 276 g/mol. The van der Waals surface area contributed by atoms with Gasteiger partial charge in [0, 0.05) is 17.3 Å². The SMILES string of the molecule is C=C(C)COCCNCC(=O)Nc1cc(Cl)ccc1C. The summed E-state index contributed by atoms with van der Waals surface area (Å²) in [6, 6.07) is 5.41. The van der Waals surface area contributed by atoms with Gasteiger partial charge in [-0.25, -0.2) is 0 Å². The molecule has 0 aliphatic carbocycles. The van der Waals surface area contributed by atoms with E-state index in [4.69, 9.17) is 16.3 Å². The normalized spacial score (nSPS) is 10.3. The summed E-state index contributed by atoms with van der Waals surface area (Å²) in [5.41, 5.74) is 2.70. The summed E-state index contributed by atoms with van der Waals surface area (Å²) in [6.07, 6.45) is 0. The van der Waals surface area contributed by atoms with Crippen LogP contribution in [-0.4, -0.2) is 32.2 Å². The molecule has 0 bridgehead atoms. The van der Waals surface area contributed by atoms with Crippen LogP contribution in [0.15, 0.2) is 30.4 Å². The van der Waals surface area contributed by atoms with Crippen molar-refractivity contribution in [2.24, 2.45) is 0 Å². The molecule has 0 aromatic heterocycles. The zero-order valence-electron chi connectivity index (χ0n) is 12.0. The summed E-state index contributed by atoms with van der Waals surface area (Å²) in [7, 11) is 0. The third kappa shape index (κ3) is 6.70. The first-order valence-corrected chi connectivity index (χ1v) is 6.85. The number of aryl methyl sites for hydroxylation is 1. The number of halogens is 1. The Bertz CT molecular complexity index is 475. The van der Waals surface area contributed by atoms with E-state index in [9.17, 15) is 4.79 Å². The van der Waals surface area contributed by atoms with E-state index in [1.807, 2.05) is 19.9 Å². The Morgan fingerprint density at radius 3 is 2.90 bits per heavy atom. The summed E-state index contributed by atoms with van der Waals surface area (Å²) in [5, 5.41) is 6.44. The second-order valence-corrected chi connectivity index (χ2v) is 5.13. The van der Waals surface area contributed by atoms with E-state index in [2.05, 4.69) is 17.2 Å². The average Bonchev–Trinajstić information content (AvgIpc) is 2.37. The molecule has 2 N–H and O–H groups in total. The molecule has 0 saturated carbocycles. The van der Waals surface area contributed by atoms with Crippen LogP contribution in [0.25, 0.3) is 0 Å². The molecule has 1 amide bonds. The van der Waals surface area contributed by atoms with Gasteiger partial charge in [-0.3, -0.25) is 4.79 Å². The predicted octanol–water partition coefficient (Wildman–Crippen LogP) is 2.77. The Morgan fingerprint density at radius 2 is 2.20 bits per heavy atom. The van der Waals surface area contributed by atoms with E-state index in [0.29, 0.717) is 24.8 Å². The highest BCUT2D eigenvalue weighted by Gasteiger charge is 2.04. The third-order valence-electron chi connectivity index (χ3n) is 2.53. The summed E-state index contributed by atoms with van der Waals surface area (Å²) in [4.78, 5) is 11.7. The van der Waals surface area contributed by atoms with Gasteiger partial charge < -0.3 is 15.4 Å². The van der Waals surface area contributed by atoms with Crippen molar-refractivity contribution in [2.45, 2.75) is 13.8 Å². The number of carbonyl (C=O) groups is 1. The molecule has 1 rings (SSSR count). The predicted molar refractivity (Wildman–Crippen MR) is 83.3 cm³/mol. The molecule has 1 aromatic rings. The Kier molecular flexibility index (Phi) is 7.30. The van der Waals surface area contributed by atoms with Crippen LogP contribution in [0.2, 0.25) is 5.02 Å². The Balaban J connectivity index is 2.23. The van der Waals surface area contributed by atoms with Crippen LogP contribution in [-0.2, 0) is 9.53 Å².